The molecule has 140 valence electrons. The Labute approximate surface area is 160 Å². The largest absolute Gasteiger partial charge is 0.488 e. The van der Waals surface area contributed by atoms with Gasteiger partial charge in [0.05, 0.1) is 11.1 Å². The molecule has 2 aromatic heterocycles. The van der Waals surface area contributed by atoms with Crippen LogP contribution in [0.3, 0.4) is 0 Å². The summed E-state index contributed by atoms with van der Waals surface area (Å²) in [5.41, 5.74) is 2.96. The summed E-state index contributed by atoms with van der Waals surface area (Å²) in [6.07, 6.45) is 4.96. The number of hydrogen-bond acceptors (Lipinski definition) is 5. The molecule has 1 aliphatic heterocycles. The number of aromatic nitrogens is 3. The molecule has 0 bridgehead atoms. The SMILES string of the molecule is Cc1cc(Cl)cc(-c2ncnn3cc(C(=O)O)cc23)c1O[C@H]1CCCNC1. The Hall–Kier alpha value is -2.64. The van der Waals surface area contributed by atoms with Crippen molar-refractivity contribution in [1.82, 2.24) is 19.9 Å². The van der Waals surface area contributed by atoms with Crippen LogP contribution in [0.25, 0.3) is 16.8 Å². The number of fused-ring (bicyclic) bond motifs is 1. The first-order valence-electron chi connectivity index (χ1n) is 8.77. The van der Waals surface area contributed by atoms with Gasteiger partial charge in [-0.3, -0.25) is 0 Å². The van der Waals surface area contributed by atoms with E-state index in [-0.39, 0.29) is 11.7 Å². The number of aromatic carboxylic acids is 1. The Morgan fingerprint density at radius 2 is 2.26 bits per heavy atom. The number of nitrogens with one attached hydrogen (secondary N) is 1. The van der Waals surface area contributed by atoms with Crippen molar-refractivity contribution in [2.75, 3.05) is 13.1 Å². The third kappa shape index (κ3) is 3.48. The van der Waals surface area contributed by atoms with E-state index in [4.69, 9.17) is 16.3 Å². The molecule has 7 nitrogen and oxygen atoms in total. The predicted molar refractivity (Wildman–Crippen MR) is 102 cm³/mol. The Kier molecular flexibility index (Phi) is 4.72. The summed E-state index contributed by atoms with van der Waals surface area (Å²) in [4.78, 5) is 15.7. The topological polar surface area (TPSA) is 88.8 Å². The lowest BCUT2D eigenvalue weighted by Gasteiger charge is -2.26. The number of carboxylic acids is 1. The molecule has 0 unspecified atom stereocenters. The van der Waals surface area contributed by atoms with E-state index in [0.717, 1.165) is 37.1 Å². The summed E-state index contributed by atoms with van der Waals surface area (Å²) in [5.74, 6) is -0.301. The van der Waals surface area contributed by atoms with Gasteiger partial charge in [-0.15, -0.1) is 0 Å². The first kappa shape index (κ1) is 17.8. The molecule has 1 aliphatic rings. The number of carboxylic acid groups (broad SMARTS) is 1. The Morgan fingerprint density at radius 1 is 1.41 bits per heavy atom. The minimum atomic E-state index is -1.02. The molecule has 0 spiro atoms. The number of benzene rings is 1. The second-order valence-corrected chi connectivity index (χ2v) is 7.09. The highest BCUT2D eigenvalue weighted by molar-refractivity contribution is 6.31. The van der Waals surface area contributed by atoms with Crippen molar-refractivity contribution < 1.29 is 14.6 Å². The second-order valence-electron chi connectivity index (χ2n) is 6.66. The summed E-state index contributed by atoms with van der Waals surface area (Å²) < 4.78 is 7.83. The van der Waals surface area contributed by atoms with Crippen LogP contribution >= 0.6 is 11.6 Å². The van der Waals surface area contributed by atoms with Gasteiger partial charge < -0.3 is 15.2 Å². The summed E-state index contributed by atoms with van der Waals surface area (Å²) in [6, 6.07) is 5.21. The molecule has 8 heteroatoms. The zero-order chi connectivity index (χ0) is 19.0. The average Bonchev–Trinajstić information content (AvgIpc) is 3.09. The molecule has 1 fully saturated rings. The van der Waals surface area contributed by atoms with E-state index in [1.165, 1.54) is 17.0 Å². The summed E-state index contributed by atoms with van der Waals surface area (Å²) in [7, 11) is 0. The molecule has 0 radical (unpaired) electrons. The third-order valence-electron chi connectivity index (χ3n) is 4.68. The van der Waals surface area contributed by atoms with Crippen LogP contribution in [-0.2, 0) is 0 Å². The lowest BCUT2D eigenvalue weighted by atomic mass is 10.0. The predicted octanol–water partition coefficient (Wildman–Crippen LogP) is 3.19. The molecule has 1 saturated heterocycles. The van der Waals surface area contributed by atoms with Gasteiger partial charge in [0.15, 0.2) is 0 Å². The maximum atomic E-state index is 11.3. The van der Waals surface area contributed by atoms with E-state index in [1.807, 2.05) is 13.0 Å². The molecule has 0 aliphatic carbocycles. The van der Waals surface area contributed by atoms with Crippen LogP contribution in [0.4, 0.5) is 0 Å². The van der Waals surface area contributed by atoms with Gasteiger partial charge in [-0.2, -0.15) is 5.10 Å². The van der Waals surface area contributed by atoms with Crippen molar-refractivity contribution in [2.24, 2.45) is 0 Å². The number of piperidine rings is 1. The molecule has 27 heavy (non-hydrogen) atoms. The highest BCUT2D eigenvalue weighted by Gasteiger charge is 2.21. The van der Waals surface area contributed by atoms with E-state index < -0.39 is 5.97 Å². The fraction of sp³-hybridized carbons (Fsp3) is 0.316. The maximum absolute atomic E-state index is 11.3. The average molecular weight is 387 g/mol. The summed E-state index contributed by atoms with van der Waals surface area (Å²) in [6.45, 7) is 3.73. The molecule has 0 saturated carbocycles. The number of nitrogens with zero attached hydrogens (tertiary/aromatic N) is 3. The van der Waals surface area contributed by atoms with Crippen LogP contribution in [0, 0.1) is 6.92 Å². The molecule has 4 rings (SSSR count). The number of carbonyl (C=O) groups is 1. The fourth-order valence-electron chi connectivity index (χ4n) is 3.40. The fourth-order valence-corrected chi connectivity index (χ4v) is 3.68. The lowest BCUT2D eigenvalue weighted by molar-refractivity contribution is 0.0697. The molecule has 1 atom stereocenters. The number of ether oxygens (including phenoxy) is 1. The van der Waals surface area contributed by atoms with Gasteiger partial charge in [0.1, 0.15) is 23.9 Å². The number of aryl methyl sites for hydroxylation is 1. The van der Waals surface area contributed by atoms with Crippen molar-refractivity contribution in [1.29, 1.82) is 0 Å². The molecule has 2 N–H and O–H groups in total. The quantitative estimate of drug-likeness (QED) is 0.715. The molecular formula is C19H19ClN4O3. The van der Waals surface area contributed by atoms with Crippen molar-refractivity contribution >= 4 is 23.1 Å². The third-order valence-corrected chi connectivity index (χ3v) is 4.90. The van der Waals surface area contributed by atoms with Crippen molar-refractivity contribution in [3.8, 4) is 17.0 Å². The van der Waals surface area contributed by atoms with E-state index in [1.54, 1.807) is 12.1 Å². The van der Waals surface area contributed by atoms with E-state index in [0.29, 0.717) is 22.0 Å². The van der Waals surface area contributed by atoms with Crippen LogP contribution in [0.2, 0.25) is 5.02 Å². The van der Waals surface area contributed by atoms with Crippen LogP contribution in [-0.4, -0.2) is 44.9 Å². The Morgan fingerprint density at radius 3 is 3.00 bits per heavy atom. The van der Waals surface area contributed by atoms with Gasteiger partial charge in [0.2, 0.25) is 0 Å². The highest BCUT2D eigenvalue weighted by atomic mass is 35.5. The Bertz CT molecular complexity index is 1010. The first-order valence-corrected chi connectivity index (χ1v) is 9.15. The minimum absolute atomic E-state index is 0.0663. The maximum Gasteiger partial charge on any atom is 0.337 e. The zero-order valence-electron chi connectivity index (χ0n) is 14.8. The van der Waals surface area contributed by atoms with E-state index in [2.05, 4.69) is 15.4 Å². The zero-order valence-corrected chi connectivity index (χ0v) is 15.5. The highest BCUT2D eigenvalue weighted by Crippen LogP contribution is 2.38. The minimum Gasteiger partial charge on any atom is -0.488 e. The molecule has 0 amide bonds. The van der Waals surface area contributed by atoms with Gasteiger partial charge in [0.25, 0.3) is 0 Å². The van der Waals surface area contributed by atoms with Gasteiger partial charge in [-0.1, -0.05) is 11.6 Å². The second kappa shape index (κ2) is 7.17. The number of hydrogen-bond donors (Lipinski definition) is 2. The summed E-state index contributed by atoms with van der Waals surface area (Å²) >= 11 is 6.31. The molecular weight excluding hydrogens is 368 g/mol. The van der Waals surface area contributed by atoms with Gasteiger partial charge in [-0.25, -0.2) is 14.3 Å². The monoisotopic (exact) mass is 386 g/mol. The van der Waals surface area contributed by atoms with Crippen LogP contribution in [0.15, 0.2) is 30.7 Å². The summed E-state index contributed by atoms with van der Waals surface area (Å²) in [5, 5.41) is 17.3. The number of rotatable bonds is 4. The van der Waals surface area contributed by atoms with E-state index in [9.17, 15) is 9.90 Å². The standard InChI is InChI=1S/C19H19ClN4O3/c1-11-5-13(20)7-15(18(11)27-14-3-2-4-21-8-14)17-16-6-12(19(25)26)9-24(16)23-10-22-17/h5-7,9-10,14,21H,2-4,8H2,1H3,(H,25,26)/t14-/m0/s1. The lowest BCUT2D eigenvalue weighted by Crippen LogP contribution is -2.37. The Balaban J connectivity index is 1.85. The van der Waals surface area contributed by atoms with Crippen molar-refractivity contribution in [3.63, 3.8) is 0 Å². The van der Waals surface area contributed by atoms with Gasteiger partial charge in [-0.05, 0) is 50.1 Å². The van der Waals surface area contributed by atoms with Gasteiger partial charge in [0, 0.05) is 23.3 Å². The van der Waals surface area contributed by atoms with Crippen LogP contribution in [0.5, 0.6) is 5.75 Å². The molecule has 1 aromatic carbocycles. The van der Waals surface area contributed by atoms with Crippen molar-refractivity contribution in [2.45, 2.75) is 25.9 Å². The smallest absolute Gasteiger partial charge is 0.337 e. The normalized spacial score (nSPS) is 17.2. The number of halogens is 1. The molecule has 3 heterocycles. The van der Waals surface area contributed by atoms with Crippen molar-refractivity contribution in [3.05, 3.63) is 46.9 Å². The molecule has 3 aromatic rings. The van der Waals surface area contributed by atoms with Crippen LogP contribution in [0.1, 0.15) is 28.8 Å². The van der Waals surface area contributed by atoms with Gasteiger partial charge >= 0.3 is 5.97 Å². The first-order chi connectivity index (χ1) is 13.0. The van der Waals surface area contributed by atoms with Crippen LogP contribution < -0.4 is 10.1 Å². The van der Waals surface area contributed by atoms with E-state index >= 15 is 0 Å².